The number of nitrogens with one attached hydrogen (secondary N) is 3. The van der Waals surface area contributed by atoms with Crippen molar-refractivity contribution in [2.24, 2.45) is 7.05 Å². The number of amides is 3. The summed E-state index contributed by atoms with van der Waals surface area (Å²) in [6, 6.07) is 1.51. The standard InChI is InChI=1S/C23H33N7O3S/c1-7-33-22(32)26-18-12-15(10-11-29(18)5)8-9-16-14-24-21(34-16)27-20(31)25-19-13-17(23(2,3)4)28-30(19)6/h10-14,18H,7-9H2,1-6H3,(H,26,32)(H2,24,25,27,31). The minimum Gasteiger partial charge on any atom is -0.450 e. The molecule has 0 radical (unpaired) electrons. The highest BCUT2D eigenvalue weighted by atomic mass is 32.1. The van der Waals surface area contributed by atoms with Crippen LogP contribution in [0, 0.1) is 0 Å². The van der Waals surface area contributed by atoms with Crippen molar-refractivity contribution in [2.45, 2.75) is 52.1 Å². The van der Waals surface area contributed by atoms with Crippen LogP contribution in [0.25, 0.3) is 0 Å². The average molecular weight is 488 g/mol. The number of urea groups is 1. The normalized spacial score (nSPS) is 15.6. The number of rotatable bonds is 7. The Morgan fingerprint density at radius 1 is 1.21 bits per heavy atom. The van der Waals surface area contributed by atoms with E-state index in [2.05, 4.69) is 46.8 Å². The third kappa shape index (κ3) is 6.83. The van der Waals surface area contributed by atoms with Crippen LogP contribution >= 0.6 is 11.3 Å². The molecule has 0 aromatic carbocycles. The number of carbonyl (C=O) groups excluding carboxylic acids is 2. The van der Waals surface area contributed by atoms with E-state index in [0.717, 1.165) is 29.0 Å². The highest BCUT2D eigenvalue weighted by Crippen LogP contribution is 2.25. The first-order chi connectivity index (χ1) is 16.0. The van der Waals surface area contributed by atoms with Crippen molar-refractivity contribution in [3.8, 4) is 0 Å². The Morgan fingerprint density at radius 3 is 2.65 bits per heavy atom. The number of allylic oxidation sites excluding steroid dienone is 2. The van der Waals surface area contributed by atoms with Crippen LogP contribution in [0.1, 0.15) is 44.7 Å². The van der Waals surface area contributed by atoms with Gasteiger partial charge in [-0.1, -0.05) is 20.8 Å². The van der Waals surface area contributed by atoms with Crippen LogP contribution in [0.5, 0.6) is 0 Å². The maximum absolute atomic E-state index is 12.4. The Balaban J connectivity index is 1.53. The molecule has 10 nitrogen and oxygen atoms in total. The molecule has 1 atom stereocenters. The number of ether oxygens (including phenoxy) is 1. The molecule has 0 aliphatic carbocycles. The minimum absolute atomic E-state index is 0.106. The number of anilines is 2. The van der Waals surface area contributed by atoms with E-state index in [0.29, 0.717) is 17.6 Å². The Kier molecular flexibility index (Phi) is 7.98. The summed E-state index contributed by atoms with van der Waals surface area (Å²) >= 11 is 1.44. The molecular weight excluding hydrogens is 454 g/mol. The summed E-state index contributed by atoms with van der Waals surface area (Å²) in [4.78, 5) is 31.5. The molecule has 1 aliphatic rings. The van der Waals surface area contributed by atoms with Gasteiger partial charge in [-0.05, 0) is 37.5 Å². The zero-order valence-electron chi connectivity index (χ0n) is 20.5. The lowest BCUT2D eigenvalue weighted by atomic mass is 9.92. The lowest BCUT2D eigenvalue weighted by Gasteiger charge is -2.28. The van der Waals surface area contributed by atoms with Crippen molar-refractivity contribution in [3.05, 3.63) is 46.8 Å². The second-order valence-electron chi connectivity index (χ2n) is 9.03. The largest absolute Gasteiger partial charge is 0.450 e. The van der Waals surface area contributed by atoms with Crippen LogP contribution in [0.3, 0.4) is 0 Å². The molecule has 0 fully saturated rings. The van der Waals surface area contributed by atoms with Gasteiger partial charge in [-0.3, -0.25) is 20.6 Å². The van der Waals surface area contributed by atoms with Gasteiger partial charge >= 0.3 is 12.1 Å². The topological polar surface area (TPSA) is 113 Å². The number of likely N-dealkylation sites (N-methyl/N-ethyl adjacent to an activating group) is 1. The zero-order chi connectivity index (χ0) is 24.9. The maximum atomic E-state index is 12.4. The van der Waals surface area contributed by atoms with Crippen molar-refractivity contribution in [3.63, 3.8) is 0 Å². The summed E-state index contributed by atoms with van der Waals surface area (Å²) in [5.74, 6) is 0.617. The summed E-state index contributed by atoms with van der Waals surface area (Å²) in [6.45, 7) is 8.32. The number of thiazole rings is 1. The van der Waals surface area contributed by atoms with E-state index in [4.69, 9.17) is 4.74 Å². The fourth-order valence-electron chi connectivity index (χ4n) is 3.23. The van der Waals surface area contributed by atoms with E-state index in [9.17, 15) is 9.59 Å². The molecule has 11 heteroatoms. The fourth-order valence-corrected chi connectivity index (χ4v) is 4.04. The summed E-state index contributed by atoms with van der Waals surface area (Å²) in [5.41, 5.74) is 1.90. The third-order valence-corrected chi connectivity index (χ3v) is 6.17. The van der Waals surface area contributed by atoms with E-state index in [-0.39, 0.29) is 17.6 Å². The van der Waals surface area contributed by atoms with Crippen LogP contribution in [0.4, 0.5) is 20.5 Å². The summed E-state index contributed by atoms with van der Waals surface area (Å²) in [7, 11) is 3.69. The van der Waals surface area contributed by atoms with Gasteiger partial charge in [0.15, 0.2) is 5.13 Å². The van der Waals surface area contributed by atoms with Gasteiger partial charge < -0.3 is 9.64 Å². The van der Waals surface area contributed by atoms with Gasteiger partial charge in [-0.15, -0.1) is 11.3 Å². The monoisotopic (exact) mass is 487 g/mol. The van der Waals surface area contributed by atoms with E-state index < -0.39 is 6.09 Å². The highest BCUT2D eigenvalue weighted by molar-refractivity contribution is 7.15. The quantitative estimate of drug-likeness (QED) is 0.539. The van der Waals surface area contributed by atoms with Gasteiger partial charge in [-0.25, -0.2) is 14.6 Å². The molecular formula is C23H33N7O3S. The molecule has 0 saturated carbocycles. The molecule has 1 aliphatic heterocycles. The van der Waals surface area contributed by atoms with Gasteiger partial charge in [-0.2, -0.15) is 5.10 Å². The summed E-state index contributed by atoms with van der Waals surface area (Å²) in [5, 5.41) is 13.4. The summed E-state index contributed by atoms with van der Waals surface area (Å²) < 4.78 is 6.62. The Hall–Kier alpha value is -3.34. The van der Waals surface area contributed by atoms with E-state index in [1.165, 1.54) is 11.3 Å². The van der Waals surface area contributed by atoms with Crippen molar-refractivity contribution in [1.82, 2.24) is 25.0 Å². The molecule has 3 heterocycles. The Labute approximate surface area is 204 Å². The van der Waals surface area contributed by atoms with Crippen LogP contribution in [-0.4, -0.2) is 51.6 Å². The molecule has 3 rings (SSSR count). The van der Waals surface area contributed by atoms with Crippen LogP contribution in [0.2, 0.25) is 0 Å². The first-order valence-corrected chi connectivity index (χ1v) is 12.0. The number of aryl methyl sites for hydroxylation is 2. The number of alkyl carbamates (subject to hydrolysis) is 1. The van der Waals surface area contributed by atoms with Gasteiger partial charge in [0.25, 0.3) is 0 Å². The molecule has 184 valence electrons. The predicted molar refractivity (Wildman–Crippen MR) is 134 cm³/mol. The second-order valence-corrected chi connectivity index (χ2v) is 10.1. The number of aromatic nitrogens is 3. The van der Waals surface area contributed by atoms with Crippen LogP contribution < -0.4 is 16.0 Å². The highest BCUT2D eigenvalue weighted by Gasteiger charge is 2.20. The number of nitrogens with zero attached hydrogens (tertiary/aromatic N) is 4. The molecule has 2 aromatic heterocycles. The number of hydrogen-bond acceptors (Lipinski definition) is 7. The lowest BCUT2D eigenvalue weighted by Crippen LogP contribution is -2.44. The molecule has 0 spiro atoms. The molecule has 2 aromatic rings. The molecule has 0 bridgehead atoms. The molecule has 34 heavy (non-hydrogen) atoms. The Bertz CT molecular complexity index is 1080. The average Bonchev–Trinajstić information content (AvgIpc) is 3.35. The fraction of sp³-hybridized carbons (Fsp3) is 0.478. The van der Waals surface area contributed by atoms with E-state index in [1.807, 2.05) is 36.4 Å². The predicted octanol–water partition coefficient (Wildman–Crippen LogP) is 4.21. The Morgan fingerprint density at radius 2 is 1.97 bits per heavy atom. The van der Waals surface area contributed by atoms with Crippen LogP contribution in [0.15, 0.2) is 36.2 Å². The van der Waals surface area contributed by atoms with Crippen molar-refractivity contribution in [2.75, 3.05) is 24.3 Å². The minimum atomic E-state index is -0.442. The number of hydrogen-bond donors (Lipinski definition) is 3. The smallest absolute Gasteiger partial charge is 0.408 e. The van der Waals surface area contributed by atoms with Gasteiger partial charge in [0, 0.05) is 42.9 Å². The van der Waals surface area contributed by atoms with E-state index in [1.54, 1.807) is 24.9 Å². The zero-order valence-corrected chi connectivity index (χ0v) is 21.3. The first-order valence-electron chi connectivity index (χ1n) is 11.2. The SMILES string of the molecule is CCOC(=O)NC1C=C(CCc2cnc(NC(=O)Nc3cc(C(C)(C)C)nn3C)s2)C=CN1C. The molecule has 0 saturated heterocycles. The maximum Gasteiger partial charge on any atom is 0.408 e. The van der Waals surface area contributed by atoms with Crippen LogP contribution in [-0.2, 0) is 23.6 Å². The molecule has 1 unspecified atom stereocenters. The van der Waals surface area contributed by atoms with Gasteiger partial charge in [0.1, 0.15) is 12.0 Å². The third-order valence-electron chi connectivity index (χ3n) is 5.20. The van der Waals surface area contributed by atoms with Crippen molar-refractivity contribution >= 4 is 34.4 Å². The van der Waals surface area contributed by atoms with Gasteiger partial charge in [0.2, 0.25) is 0 Å². The summed E-state index contributed by atoms with van der Waals surface area (Å²) in [6.07, 6.45) is 8.58. The second kappa shape index (κ2) is 10.7. The lowest BCUT2D eigenvalue weighted by molar-refractivity contribution is 0.142. The molecule has 3 amide bonds. The van der Waals surface area contributed by atoms with Crippen molar-refractivity contribution in [1.29, 1.82) is 0 Å². The number of carbonyl (C=O) groups is 2. The van der Waals surface area contributed by atoms with Crippen molar-refractivity contribution < 1.29 is 14.3 Å². The first kappa shape index (κ1) is 25.3. The molecule has 3 N–H and O–H groups in total. The van der Waals surface area contributed by atoms with E-state index >= 15 is 0 Å². The van der Waals surface area contributed by atoms with Gasteiger partial charge in [0.05, 0.1) is 12.3 Å².